The number of rotatable bonds is 2. The Balaban J connectivity index is 2.58. The summed E-state index contributed by atoms with van der Waals surface area (Å²) in [5.74, 6) is 0. The molecule has 0 bridgehead atoms. The largest absolute Gasteiger partial charge is 0.231 e. The third kappa shape index (κ3) is 2.32. The minimum Gasteiger partial charge on any atom is -0.231 e. The molecule has 1 aromatic heterocycles. The van der Waals surface area contributed by atoms with E-state index in [1.54, 1.807) is 24.4 Å². The molecule has 0 saturated carbocycles. The maximum absolute atomic E-state index is 6.11. The van der Waals surface area contributed by atoms with E-state index < -0.39 is 0 Å². The number of halogens is 2. The van der Waals surface area contributed by atoms with Gasteiger partial charge >= 0.3 is 0 Å². The zero-order valence-corrected chi connectivity index (χ0v) is 10.8. The fourth-order valence-electron chi connectivity index (χ4n) is 1.32. The van der Waals surface area contributed by atoms with Gasteiger partial charge in [-0.05, 0) is 24.5 Å². The van der Waals surface area contributed by atoms with Crippen LogP contribution in [-0.2, 0) is 0 Å². The van der Waals surface area contributed by atoms with Crippen molar-refractivity contribution in [3.8, 4) is 11.3 Å². The van der Waals surface area contributed by atoms with E-state index in [-0.39, 0.29) is 0 Å². The summed E-state index contributed by atoms with van der Waals surface area (Å²) in [5.41, 5.74) is 1.50. The molecule has 2 nitrogen and oxygen atoms in total. The minimum atomic E-state index is 0.596. The lowest BCUT2D eigenvalue weighted by molar-refractivity contribution is 0.976. The average Bonchev–Trinajstić information content (AvgIpc) is 2.29. The molecule has 5 heteroatoms. The second kappa shape index (κ2) is 5.04. The van der Waals surface area contributed by atoms with E-state index in [0.717, 1.165) is 11.3 Å². The lowest BCUT2D eigenvalue weighted by Crippen LogP contribution is -1.90. The number of aromatic nitrogens is 2. The zero-order chi connectivity index (χ0) is 11.5. The molecule has 0 aliphatic carbocycles. The highest BCUT2D eigenvalue weighted by atomic mass is 35.5. The van der Waals surface area contributed by atoms with Crippen LogP contribution in [0.1, 0.15) is 0 Å². The molecule has 0 fully saturated rings. The van der Waals surface area contributed by atoms with Gasteiger partial charge < -0.3 is 0 Å². The summed E-state index contributed by atoms with van der Waals surface area (Å²) in [6.45, 7) is 0. The van der Waals surface area contributed by atoms with Crippen molar-refractivity contribution in [2.75, 3.05) is 6.26 Å². The van der Waals surface area contributed by atoms with Gasteiger partial charge in [0.1, 0.15) is 0 Å². The SMILES string of the molecule is CSc1nccc(-c2c(Cl)cccc2Cl)n1. The molecule has 2 aromatic rings. The van der Waals surface area contributed by atoms with Crippen LogP contribution in [0.15, 0.2) is 35.6 Å². The summed E-state index contributed by atoms with van der Waals surface area (Å²) in [4.78, 5) is 8.47. The van der Waals surface area contributed by atoms with Gasteiger partial charge in [-0.3, -0.25) is 0 Å². The molecule has 1 aromatic carbocycles. The van der Waals surface area contributed by atoms with Gasteiger partial charge in [-0.1, -0.05) is 41.0 Å². The van der Waals surface area contributed by atoms with Crippen LogP contribution in [0, 0.1) is 0 Å². The summed E-state index contributed by atoms with van der Waals surface area (Å²) in [7, 11) is 0. The van der Waals surface area contributed by atoms with Gasteiger partial charge in [0.2, 0.25) is 0 Å². The van der Waals surface area contributed by atoms with Crippen LogP contribution in [0.5, 0.6) is 0 Å². The van der Waals surface area contributed by atoms with Gasteiger partial charge in [0.05, 0.1) is 15.7 Å². The Hall–Kier alpha value is -0.770. The fourth-order valence-corrected chi connectivity index (χ4v) is 2.27. The number of nitrogens with zero attached hydrogens (tertiary/aromatic N) is 2. The normalized spacial score (nSPS) is 10.4. The van der Waals surface area contributed by atoms with Crippen LogP contribution in [0.25, 0.3) is 11.3 Å². The molecule has 0 atom stereocenters. The minimum absolute atomic E-state index is 0.596. The molecule has 0 radical (unpaired) electrons. The second-order valence-electron chi connectivity index (χ2n) is 3.03. The molecule has 0 amide bonds. The first-order chi connectivity index (χ1) is 7.72. The smallest absolute Gasteiger partial charge is 0.187 e. The van der Waals surface area contributed by atoms with Crippen LogP contribution in [-0.4, -0.2) is 16.2 Å². The molecule has 0 spiro atoms. The van der Waals surface area contributed by atoms with Crippen molar-refractivity contribution in [3.05, 3.63) is 40.5 Å². The van der Waals surface area contributed by atoms with Gasteiger partial charge in [-0.25, -0.2) is 9.97 Å². The highest BCUT2D eigenvalue weighted by Crippen LogP contribution is 2.33. The summed E-state index contributed by atoms with van der Waals surface area (Å²) < 4.78 is 0. The monoisotopic (exact) mass is 270 g/mol. The maximum atomic E-state index is 6.11. The van der Waals surface area contributed by atoms with Crippen molar-refractivity contribution < 1.29 is 0 Å². The molecule has 16 heavy (non-hydrogen) atoms. The Kier molecular flexibility index (Phi) is 3.69. The van der Waals surface area contributed by atoms with Crippen molar-refractivity contribution in [2.24, 2.45) is 0 Å². The van der Waals surface area contributed by atoms with Gasteiger partial charge in [0, 0.05) is 11.8 Å². The van der Waals surface area contributed by atoms with Crippen LogP contribution in [0.2, 0.25) is 10.0 Å². The molecule has 2 rings (SSSR count). The molecule has 1 heterocycles. The standard InChI is InChI=1S/C11H8Cl2N2S/c1-16-11-14-6-5-9(15-11)10-7(12)3-2-4-8(10)13/h2-6H,1H3. The van der Waals surface area contributed by atoms with Crippen molar-refractivity contribution in [1.82, 2.24) is 9.97 Å². The lowest BCUT2D eigenvalue weighted by Gasteiger charge is -2.06. The van der Waals surface area contributed by atoms with Crippen LogP contribution in [0.4, 0.5) is 0 Å². The molecular formula is C11H8Cl2N2S. The van der Waals surface area contributed by atoms with Gasteiger partial charge in [-0.15, -0.1) is 0 Å². The van der Waals surface area contributed by atoms with E-state index in [1.807, 2.05) is 12.3 Å². The summed E-state index contributed by atoms with van der Waals surface area (Å²) in [6.07, 6.45) is 3.63. The number of thioether (sulfide) groups is 1. The van der Waals surface area contributed by atoms with E-state index in [2.05, 4.69) is 9.97 Å². The van der Waals surface area contributed by atoms with Crippen LogP contribution >= 0.6 is 35.0 Å². The van der Waals surface area contributed by atoms with Gasteiger partial charge in [0.25, 0.3) is 0 Å². The van der Waals surface area contributed by atoms with E-state index >= 15 is 0 Å². The molecule has 0 N–H and O–H groups in total. The van der Waals surface area contributed by atoms with Crippen molar-refractivity contribution >= 4 is 35.0 Å². The topological polar surface area (TPSA) is 25.8 Å². The van der Waals surface area contributed by atoms with Gasteiger partial charge in [-0.2, -0.15) is 0 Å². The third-order valence-corrected chi connectivity index (χ3v) is 3.23. The molecule has 82 valence electrons. The number of benzene rings is 1. The molecule has 0 aliphatic heterocycles. The van der Waals surface area contributed by atoms with Gasteiger partial charge in [0.15, 0.2) is 5.16 Å². The zero-order valence-electron chi connectivity index (χ0n) is 8.45. The van der Waals surface area contributed by atoms with E-state index in [4.69, 9.17) is 23.2 Å². The van der Waals surface area contributed by atoms with Crippen molar-refractivity contribution in [3.63, 3.8) is 0 Å². The highest BCUT2D eigenvalue weighted by molar-refractivity contribution is 7.98. The first-order valence-corrected chi connectivity index (χ1v) is 6.52. The van der Waals surface area contributed by atoms with Crippen LogP contribution in [0.3, 0.4) is 0 Å². The van der Waals surface area contributed by atoms with Crippen LogP contribution < -0.4 is 0 Å². The lowest BCUT2D eigenvalue weighted by atomic mass is 10.1. The summed E-state index contributed by atoms with van der Waals surface area (Å²) in [5, 5.41) is 1.89. The predicted molar refractivity (Wildman–Crippen MR) is 69.3 cm³/mol. The average molecular weight is 271 g/mol. The first kappa shape index (κ1) is 11.7. The Morgan fingerprint density at radius 2 is 1.81 bits per heavy atom. The Labute approximate surface area is 108 Å². The van der Waals surface area contributed by atoms with E-state index in [9.17, 15) is 0 Å². The molecule has 0 unspecified atom stereocenters. The fraction of sp³-hybridized carbons (Fsp3) is 0.0909. The predicted octanol–water partition coefficient (Wildman–Crippen LogP) is 4.17. The van der Waals surface area contributed by atoms with E-state index in [0.29, 0.717) is 15.2 Å². The Morgan fingerprint density at radius 1 is 1.12 bits per heavy atom. The number of hydrogen-bond donors (Lipinski definition) is 0. The third-order valence-electron chi connectivity index (χ3n) is 2.03. The quantitative estimate of drug-likeness (QED) is 0.605. The number of hydrogen-bond acceptors (Lipinski definition) is 3. The molecular weight excluding hydrogens is 263 g/mol. The molecule has 0 saturated heterocycles. The summed E-state index contributed by atoms with van der Waals surface area (Å²) in [6, 6.07) is 7.20. The Morgan fingerprint density at radius 3 is 2.44 bits per heavy atom. The summed E-state index contributed by atoms with van der Waals surface area (Å²) >= 11 is 13.7. The molecule has 0 aliphatic rings. The van der Waals surface area contributed by atoms with E-state index in [1.165, 1.54) is 11.8 Å². The van der Waals surface area contributed by atoms with Crippen molar-refractivity contribution in [2.45, 2.75) is 5.16 Å². The Bertz CT molecular complexity index is 497. The highest BCUT2D eigenvalue weighted by Gasteiger charge is 2.10. The maximum Gasteiger partial charge on any atom is 0.187 e. The van der Waals surface area contributed by atoms with Crippen molar-refractivity contribution in [1.29, 1.82) is 0 Å². The second-order valence-corrected chi connectivity index (χ2v) is 4.61. The first-order valence-electron chi connectivity index (χ1n) is 4.54.